The maximum absolute atomic E-state index is 12.0. The van der Waals surface area contributed by atoms with E-state index in [2.05, 4.69) is 10.0 Å². The Morgan fingerprint density at radius 2 is 2.00 bits per heavy atom. The predicted octanol–water partition coefficient (Wildman–Crippen LogP) is 0.569. The number of ether oxygens (including phenoxy) is 1. The van der Waals surface area contributed by atoms with E-state index in [1.54, 1.807) is 24.3 Å². The van der Waals surface area contributed by atoms with Gasteiger partial charge in [0.25, 0.3) is 0 Å². The molecule has 0 aromatic heterocycles. The van der Waals surface area contributed by atoms with Crippen molar-refractivity contribution in [2.24, 2.45) is 0 Å². The van der Waals surface area contributed by atoms with E-state index in [-0.39, 0.29) is 23.9 Å². The summed E-state index contributed by atoms with van der Waals surface area (Å²) in [5.41, 5.74) is 0.998. The maximum Gasteiger partial charge on any atom is 0.249 e. The van der Waals surface area contributed by atoms with Crippen LogP contribution in [0.25, 0.3) is 0 Å². The van der Waals surface area contributed by atoms with E-state index in [0.29, 0.717) is 6.61 Å². The molecule has 116 valence electrons. The summed E-state index contributed by atoms with van der Waals surface area (Å²) >= 11 is 0. The molecule has 0 bridgehead atoms. The van der Waals surface area contributed by atoms with Gasteiger partial charge in [-0.1, -0.05) is 17.7 Å². The highest BCUT2D eigenvalue weighted by molar-refractivity contribution is 7.89. The molecule has 1 fully saturated rings. The average Bonchev–Trinajstić information content (AvgIpc) is 2.98. The molecule has 1 unspecified atom stereocenters. The van der Waals surface area contributed by atoms with Crippen LogP contribution in [0.4, 0.5) is 0 Å². The van der Waals surface area contributed by atoms with Crippen molar-refractivity contribution in [2.45, 2.75) is 30.8 Å². The molecule has 0 radical (unpaired) electrons. The van der Waals surface area contributed by atoms with Gasteiger partial charge in [-0.3, -0.25) is 4.79 Å². The number of hydrogen-bond donors (Lipinski definition) is 2. The molecule has 1 aliphatic rings. The van der Waals surface area contributed by atoms with Gasteiger partial charge >= 0.3 is 0 Å². The zero-order chi connectivity index (χ0) is 15.3. The van der Waals surface area contributed by atoms with E-state index in [1.165, 1.54) is 0 Å². The number of nitrogens with one attached hydrogen (secondary N) is 2. The molecule has 0 spiro atoms. The van der Waals surface area contributed by atoms with Gasteiger partial charge in [0.2, 0.25) is 15.9 Å². The van der Waals surface area contributed by atoms with Crippen LogP contribution in [0.15, 0.2) is 29.2 Å². The Bertz CT molecular complexity index is 577. The van der Waals surface area contributed by atoms with Crippen LogP contribution in [0.2, 0.25) is 0 Å². The minimum atomic E-state index is -3.53. The van der Waals surface area contributed by atoms with Crippen molar-refractivity contribution in [1.29, 1.82) is 0 Å². The highest BCUT2D eigenvalue weighted by atomic mass is 32.2. The second-order valence-corrected chi connectivity index (χ2v) is 6.77. The van der Waals surface area contributed by atoms with Gasteiger partial charge in [0.15, 0.2) is 0 Å². The number of aryl methyl sites for hydroxylation is 1. The van der Waals surface area contributed by atoms with Crippen LogP contribution in [0, 0.1) is 6.92 Å². The van der Waals surface area contributed by atoms with Gasteiger partial charge in [-0.15, -0.1) is 0 Å². The van der Waals surface area contributed by atoms with Crippen LogP contribution in [0.1, 0.15) is 18.4 Å². The van der Waals surface area contributed by atoms with Crippen LogP contribution >= 0.6 is 0 Å². The van der Waals surface area contributed by atoms with Crippen molar-refractivity contribution in [3.05, 3.63) is 29.8 Å². The minimum Gasteiger partial charge on any atom is -0.368 e. The molecule has 7 heteroatoms. The van der Waals surface area contributed by atoms with E-state index < -0.39 is 16.1 Å². The first-order valence-electron chi connectivity index (χ1n) is 6.95. The molecule has 1 aliphatic heterocycles. The quantitative estimate of drug-likeness (QED) is 0.752. The Kier molecular flexibility index (Phi) is 5.33. The highest BCUT2D eigenvalue weighted by Crippen LogP contribution is 2.11. The molecule has 2 rings (SSSR count). The number of carbonyl (C=O) groups excluding carboxylic acids is 1. The zero-order valence-corrected chi connectivity index (χ0v) is 12.8. The Labute approximate surface area is 124 Å². The van der Waals surface area contributed by atoms with E-state index >= 15 is 0 Å². The smallest absolute Gasteiger partial charge is 0.249 e. The first-order chi connectivity index (χ1) is 9.99. The van der Waals surface area contributed by atoms with Crippen molar-refractivity contribution in [2.75, 3.05) is 19.7 Å². The van der Waals surface area contributed by atoms with Crippen LogP contribution in [0.5, 0.6) is 0 Å². The summed E-state index contributed by atoms with van der Waals surface area (Å²) in [6.07, 6.45) is 1.22. The third kappa shape index (κ3) is 4.52. The van der Waals surface area contributed by atoms with Crippen molar-refractivity contribution in [3.8, 4) is 0 Å². The van der Waals surface area contributed by atoms with Crippen LogP contribution in [0.3, 0.4) is 0 Å². The minimum absolute atomic E-state index is 0.147. The van der Waals surface area contributed by atoms with Crippen LogP contribution in [-0.4, -0.2) is 40.1 Å². The Morgan fingerprint density at radius 1 is 1.29 bits per heavy atom. The Hall–Kier alpha value is -1.44. The van der Waals surface area contributed by atoms with E-state index in [4.69, 9.17) is 4.74 Å². The summed E-state index contributed by atoms with van der Waals surface area (Å²) in [6, 6.07) is 6.60. The lowest BCUT2D eigenvalue weighted by atomic mass is 10.2. The first-order valence-corrected chi connectivity index (χ1v) is 8.43. The third-order valence-electron chi connectivity index (χ3n) is 3.27. The van der Waals surface area contributed by atoms with E-state index in [0.717, 1.165) is 18.4 Å². The molecule has 1 atom stereocenters. The van der Waals surface area contributed by atoms with Gasteiger partial charge in [-0.2, -0.15) is 0 Å². The highest BCUT2D eigenvalue weighted by Gasteiger charge is 2.23. The van der Waals surface area contributed by atoms with Gasteiger partial charge in [0.05, 0.1) is 4.90 Å². The summed E-state index contributed by atoms with van der Waals surface area (Å²) in [5, 5.41) is 2.67. The van der Waals surface area contributed by atoms with Crippen LogP contribution < -0.4 is 10.0 Å². The molecule has 1 saturated heterocycles. The fraction of sp³-hybridized carbons (Fsp3) is 0.500. The molecule has 0 saturated carbocycles. The maximum atomic E-state index is 12.0. The van der Waals surface area contributed by atoms with E-state index in [9.17, 15) is 13.2 Å². The van der Waals surface area contributed by atoms with Crippen molar-refractivity contribution in [3.63, 3.8) is 0 Å². The summed E-state index contributed by atoms with van der Waals surface area (Å²) in [5.74, 6) is -0.179. The molecular formula is C14H20N2O4S. The Balaban J connectivity index is 1.77. The fourth-order valence-corrected chi connectivity index (χ4v) is 3.10. The summed E-state index contributed by atoms with van der Waals surface area (Å²) < 4.78 is 31.7. The molecule has 1 aromatic carbocycles. The van der Waals surface area contributed by atoms with Gasteiger partial charge < -0.3 is 10.1 Å². The SMILES string of the molecule is Cc1ccc(S(=O)(=O)NCCNC(=O)C2CCCO2)cc1. The zero-order valence-electron chi connectivity index (χ0n) is 12.0. The number of rotatable bonds is 6. The Morgan fingerprint density at radius 3 is 2.62 bits per heavy atom. The second kappa shape index (κ2) is 7.02. The molecule has 1 aromatic rings. The topological polar surface area (TPSA) is 84.5 Å². The third-order valence-corrected chi connectivity index (χ3v) is 4.75. The van der Waals surface area contributed by atoms with Crippen LogP contribution in [-0.2, 0) is 19.6 Å². The number of sulfonamides is 1. The molecule has 0 aliphatic carbocycles. The lowest BCUT2D eigenvalue weighted by Gasteiger charge is -2.11. The second-order valence-electron chi connectivity index (χ2n) is 5.00. The monoisotopic (exact) mass is 312 g/mol. The normalized spacial score (nSPS) is 18.6. The molecule has 21 heavy (non-hydrogen) atoms. The molecular weight excluding hydrogens is 292 g/mol. The number of hydrogen-bond acceptors (Lipinski definition) is 4. The van der Waals surface area contributed by atoms with Gasteiger partial charge in [-0.25, -0.2) is 13.1 Å². The van der Waals surface area contributed by atoms with E-state index in [1.807, 2.05) is 6.92 Å². The van der Waals surface area contributed by atoms with Crippen molar-refractivity contribution in [1.82, 2.24) is 10.0 Å². The van der Waals surface area contributed by atoms with Gasteiger partial charge in [0, 0.05) is 19.7 Å². The molecule has 2 N–H and O–H groups in total. The average molecular weight is 312 g/mol. The summed E-state index contributed by atoms with van der Waals surface area (Å²) in [6.45, 7) is 2.89. The summed E-state index contributed by atoms with van der Waals surface area (Å²) in [7, 11) is -3.53. The first kappa shape index (κ1) is 15.9. The van der Waals surface area contributed by atoms with Gasteiger partial charge in [0.1, 0.15) is 6.10 Å². The van der Waals surface area contributed by atoms with Crippen molar-refractivity contribution >= 4 is 15.9 Å². The fourth-order valence-electron chi connectivity index (χ4n) is 2.07. The summed E-state index contributed by atoms with van der Waals surface area (Å²) in [4.78, 5) is 11.9. The van der Waals surface area contributed by atoms with Gasteiger partial charge in [-0.05, 0) is 31.9 Å². The molecule has 1 heterocycles. The lowest BCUT2D eigenvalue weighted by Crippen LogP contribution is -2.39. The molecule has 1 amide bonds. The predicted molar refractivity (Wildman–Crippen MR) is 78.4 cm³/mol. The standard InChI is InChI=1S/C14H20N2O4S/c1-11-4-6-12(7-5-11)21(18,19)16-9-8-15-14(17)13-3-2-10-20-13/h4-7,13,16H,2-3,8-10H2,1H3,(H,15,17). The lowest BCUT2D eigenvalue weighted by molar-refractivity contribution is -0.129. The molecule has 6 nitrogen and oxygen atoms in total. The number of carbonyl (C=O) groups is 1. The van der Waals surface area contributed by atoms with Crippen molar-refractivity contribution < 1.29 is 17.9 Å². The number of amides is 1. The number of benzene rings is 1. The largest absolute Gasteiger partial charge is 0.368 e.